The third kappa shape index (κ3) is 1.47. The standard InChI is InChI=1S/C9H17NO2/c1-8(2)5-7(11)6-9(3,4)10(8)12/h5,11-12H,6H2,1-4H3. The summed E-state index contributed by atoms with van der Waals surface area (Å²) in [6.45, 7) is 7.53. The molecule has 0 unspecified atom stereocenters. The van der Waals surface area contributed by atoms with Crippen LogP contribution in [-0.2, 0) is 0 Å². The van der Waals surface area contributed by atoms with Gasteiger partial charge in [0.15, 0.2) is 0 Å². The Balaban J connectivity index is 3.02. The number of aliphatic hydroxyl groups is 1. The second-order valence-electron chi connectivity index (χ2n) is 4.59. The maximum absolute atomic E-state index is 9.76. The zero-order valence-corrected chi connectivity index (χ0v) is 8.13. The molecule has 1 rings (SSSR count). The molecule has 0 aliphatic carbocycles. The molecular formula is C9H17NO2. The van der Waals surface area contributed by atoms with E-state index in [9.17, 15) is 10.3 Å². The van der Waals surface area contributed by atoms with Crippen molar-refractivity contribution in [1.29, 1.82) is 0 Å². The molecule has 0 radical (unpaired) electrons. The normalized spacial score (nSPS) is 28.2. The van der Waals surface area contributed by atoms with Crippen LogP contribution in [0.15, 0.2) is 11.8 Å². The van der Waals surface area contributed by atoms with Gasteiger partial charge >= 0.3 is 0 Å². The molecule has 12 heavy (non-hydrogen) atoms. The van der Waals surface area contributed by atoms with Crippen molar-refractivity contribution < 1.29 is 10.3 Å². The lowest BCUT2D eigenvalue weighted by atomic mass is 9.87. The zero-order valence-electron chi connectivity index (χ0n) is 8.13. The summed E-state index contributed by atoms with van der Waals surface area (Å²) in [5.41, 5.74) is -0.867. The van der Waals surface area contributed by atoms with E-state index in [1.165, 1.54) is 5.06 Å². The predicted octanol–water partition coefficient (Wildman–Crippen LogP) is 2.08. The molecule has 1 heterocycles. The fourth-order valence-electron chi connectivity index (χ4n) is 1.82. The number of rotatable bonds is 0. The average molecular weight is 171 g/mol. The van der Waals surface area contributed by atoms with Crippen LogP contribution in [0.5, 0.6) is 0 Å². The minimum Gasteiger partial charge on any atom is -0.513 e. The Bertz CT molecular complexity index is 219. The van der Waals surface area contributed by atoms with E-state index in [-0.39, 0.29) is 5.54 Å². The van der Waals surface area contributed by atoms with E-state index in [0.717, 1.165) is 0 Å². The molecule has 0 aromatic heterocycles. The molecule has 0 saturated heterocycles. The van der Waals surface area contributed by atoms with Crippen molar-refractivity contribution in [3.8, 4) is 0 Å². The van der Waals surface area contributed by atoms with Gasteiger partial charge in [-0.05, 0) is 33.8 Å². The zero-order chi connectivity index (χ0) is 9.57. The minimum atomic E-state index is -0.480. The van der Waals surface area contributed by atoms with E-state index in [2.05, 4.69) is 0 Å². The quantitative estimate of drug-likeness (QED) is 0.586. The molecule has 0 bridgehead atoms. The lowest BCUT2D eigenvalue weighted by Crippen LogP contribution is -2.55. The third-order valence-electron chi connectivity index (χ3n) is 2.25. The molecule has 3 nitrogen and oxygen atoms in total. The highest BCUT2D eigenvalue weighted by atomic mass is 16.5. The van der Waals surface area contributed by atoms with Gasteiger partial charge in [0.2, 0.25) is 0 Å². The van der Waals surface area contributed by atoms with Crippen molar-refractivity contribution >= 4 is 0 Å². The summed E-state index contributed by atoms with van der Waals surface area (Å²) in [7, 11) is 0. The average Bonchev–Trinajstić information content (AvgIpc) is 1.80. The molecule has 0 spiro atoms. The minimum absolute atomic E-state index is 0.357. The summed E-state index contributed by atoms with van der Waals surface area (Å²) in [5.74, 6) is 0.357. The van der Waals surface area contributed by atoms with Crippen molar-refractivity contribution in [1.82, 2.24) is 5.06 Å². The Morgan fingerprint density at radius 3 is 2.25 bits per heavy atom. The Labute approximate surface area is 73.3 Å². The van der Waals surface area contributed by atoms with E-state index < -0.39 is 5.54 Å². The number of hydrogen-bond donors (Lipinski definition) is 2. The first-order chi connectivity index (χ1) is 5.26. The molecule has 0 fully saturated rings. The fourth-order valence-corrected chi connectivity index (χ4v) is 1.82. The first-order valence-electron chi connectivity index (χ1n) is 4.16. The molecule has 3 heteroatoms. The van der Waals surface area contributed by atoms with Crippen LogP contribution in [0.4, 0.5) is 0 Å². The molecule has 0 aromatic rings. The van der Waals surface area contributed by atoms with Crippen LogP contribution < -0.4 is 0 Å². The third-order valence-corrected chi connectivity index (χ3v) is 2.25. The van der Waals surface area contributed by atoms with Crippen molar-refractivity contribution in [2.75, 3.05) is 0 Å². The van der Waals surface area contributed by atoms with Crippen molar-refractivity contribution in [3.63, 3.8) is 0 Å². The SMILES string of the molecule is CC1(C)C=C(O)CC(C)(C)N1O. The Kier molecular flexibility index (Phi) is 1.97. The van der Waals surface area contributed by atoms with Gasteiger partial charge in [0.05, 0.1) is 11.3 Å². The van der Waals surface area contributed by atoms with Crippen molar-refractivity contribution in [2.45, 2.75) is 45.2 Å². The fraction of sp³-hybridized carbons (Fsp3) is 0.778. The van der Waals surface area contributed by atoms with Gasteiger partial charge in [-0.2, -0.15) is 5.06 Å². The molecular weight excluding hydrogens is 154 g/mol. The highest BCUT2D eigenvalue weighted by molar-refractivity contribution is 5.14. The van der Waals surface area contributed by atoms with Gasteiger partial charge in [0, 0.05) is 12.0 Å². The van der Waals surface area contributed by atoms with E-state index in [1.807, 2.05) is 27.7 Å². The first kappa shape index (κ1) is 9.55. The summed E-state index contributed by atoms with van der Waals surface area (Å²) in [6.07, 6.45) is 2.17. The smallest absolute Gasteiger partial charge is 0.0921 e. The second kappa shape index (κ2) is 2.47. The van der Waals surface area contributed by atoms with Gasteiger partial charge in [-0.3, -0.25) is 0 Å². The lowest BCUT2D eigenvalue weighted by Gasteiger charge is -2.45. The second-order valence-corrected chi connectivity index (χ2v) is 4.59. The van der Waals surface area contributed by atoms with E-state index >= 15 is 0 Å². The Morgan fingerprint density at radius 2 is 1.83 bits per heavy atom. The summed E-state index contributed by atoms with van der Waals surface area (Å²) >= 11 is 0. The molecule has 0 atom stereocenters. The van der Waals surface area contributed by atoms with Gasteiger partial charge in [-0.1, -0.05) is 0 Å². The molecule has 70 valence electrons. The Hall–Kier alpha value is -0.540. The number of nitrogens with zero attached hydrogens (tertiary/aromatic N) is 1. The molecule has 0 aromatic carbocycles. The van der Waals surface area contributed by atoms with Crippen molar-refractivity contribution in [3.05, 3.63) is 11.8 Å². The topological polar surface area (TPSA) is 43.7 Å². The highest BCUT2D eigenvalue weighted by Gasteiger charge is 2.40. The van der Waals surface area contributed by atoms with Crippen LogP contribution in [0.1, 0.15) is 34.1 Å². The van der Waals surface area contributed by atoms with Gasteiger partial charge in [0.25, 0.3) is 0 Å². The lowest BCUT2D eigenvalue weighted by molar-refractivity contribution is -0.217. The van der Waals surface area contributed by atoms with Crippen LogP contribution in [0.2, 0.25) is 0 Å². The maximum Gasteiger partial charge on any atom is 0.0921 e. The Morgan fingerprint density at radius 1 is 1.33 bits per heavy atom. The molecule has 0 saturated carbocycles. The summed E-state index contributed by atoms with van der Waals surface area (Å²) in [6, 6.07) is 0. The van der Waals surface area contributed by atoms with Crippen LogP contribution in [-0.4, -0.2) is 26.5 Å². The molecule has 1 aliphatic rings. The molecule has 1 aliphatic heterocycles. The first-order valence-corrected chi connectivity index (χ1v) is 4.16. The van der Waals surface area contributed by atoms with Crippen LogP contribution in [0.3, 0.4) is 0 Å². The van der Waals surface area contributed by atoms with Gasteiger partial charge < -0.3 is 10.3 Å². The predicted molar refractivity (Wildman–Crippen MR) is 47.1 cm³/mol. The van der Waals surface area contributed by atoms with Crippen molar-refractivity contribution in [2.24, 2.45) is 0 Å². The maximum atomic E-state index is 9.76. The van der Waals surface area contributed by atoms with Gasteiger partial charge in [0.1, 0.15) is 0 Å². The number of hydroxylamine groups is 2. The van der Waals surface area contributed by atoms with Crippen LogP contribution >= 0.6 is 0 Å². The van der Waals surface area contributed by atoms with E-state index in [1.54, 1.807) is 6.08 Å². The van der Waals surface area contributed by atoms with Crippen LogP contribution in [0.25, 0.3) is 0 Å². The highest BCUT2D eigenvalue weighted by Crippen LogP contribution is 2.34. The molecule has 2 N–H and O–H groups in total. The van der Waals surface area contributed by atoms with E-state index in [4.69, 9.17) is 0 Å². The van der Waals surface area contributed by atoms with Crippen LogP contribution in [0, 0.1) is 0 Å². The summed E-state index contributed by atoms with van der Waals surface area (Å²) in [5, 5.41) is 20.5. The van der Waals surface area contributed by atoms with Gasteiger partial charge in [-0.15, -0.1) is 0 Å². The molecule has 0 amide bonds. The summed E-state index contributed by atoms with van der Waals surface area (Å²) in [4.78, 5) is 0. The summed E-state index contributed by atoms with van der Waals surface area (Å²) < 4.78 is 0. The van der Waals surface area contributed by atoms with Gasteiger partial charge in [-0.25, -0.2) is 0 Å². The number of hydrogen-bond acceptors (Lipinski definition) is 3. The number of aliphatic hydroxyl groups excluding tert-OH is 1. The van der Waals surface area contributed by atoms with E-state index in [0.29, 0.717) is 12.2 Å². The largest absolute Gasteiger partial charge is 0.513 e. The monoisotopic (exact) mass is 171 g/mol.